The van der Waals surface area contributed by atoms with Crippen molar-refractivity contribution in [2.24, 2.45) is 0 Å². The van der Waals surface area contributed by atoms with E-state index in [1.807, 2.05) is 0 Å². The van der Waals surface area contributed by atoms with E-state index in [1.165, 1.54) is 0 Å². The Morgan fingerprint density at radius 1 is 1.19 bits per heavy atom. The second-order valence-electron chi connectivity index (χ2n) is 2.48. The van der Waals surface area contributed by atoms with Crippen LogP contribution in [0.4, 0.5) is 0 Å². The first-order valence-corrected chi connectivity index (χ1v) is 3.24. The van der Waals surface area contributed by atoms with Gasteiger partial charge in [-0.25, -0.2) is 0 Å². The fourth-order valence-electron chi connectivity index (χ4n) is 0.695. The molecule has 16 heavy (non-hydrogen) atoms. The average Bonchev–Trinajstić information content (AvgIpc) is 2.00. The number of rotatable bonds is 5. The summed E-state index contributed by atoms with van der Waals surface area (Å²) in [4.78, 5) is 30.2. The predicted molar refractivity (Wildman–Crippen MR) is 36.3 cm³/mol. The fraction of sp³-hybridized carbons (Fsp3) is 0.500. The van der Waals surface area contributed by atoms with Gasteiger partial charge in [0.2, 0.25) is 0 Å². The molecular formula is C6H5CaNaO8. The van der Waals surface area contributed by atoms with E-state index in [1.54, 1.807) is 0 Å². The van der Waals surface area contributed by atoms with Crippen molar-refractivity contribution < 1.29 is 69.5 Å². The molecule has 2 N–H and O–H groups in total. The first kappa shape index (κ1) is 21.8. The average molecular weight is 268 g/mol. The fourth-order valence-corrected chi connectivity index (χ4v) is 0.695. The molecule has 0 aliphatic rings. The molecule has 8 nitrogen and oxygen atoms in total. The van der Waals surface area contributed by atoms with E-state index in [2.05, 4.69) is 0 Å². The number of carboxylic acids is 3. The van der Waals surface area contributed by atoms with Crippen molar-refractivity contribution in [1.82, 2.24) is 0 Å². The van der Waals surface area contributed by atoms with Gasteiger partial charge < -0.3 is 39.9 Å². The topological polar surface area (TPSA) is 161 Å². The van der Waals surface area contributed by atoms with Gasteiger partial charge in [-0.3, -0.25) is 0 Å². The second-order valence-corrected chi connectivity index (χ2v) is 2.48. The third-order valence-electron chi connectivity index (χ3n) is 1.44. The number of aliphatic carboxylic acids is 3. The van der Waals surface area contributed by atoms with E-state index in [0.717, 1.165) is 0 Å². The molecule has 0 aliphatic heterocycles. The summed E-state index contributed by atoms with van der Waals surface area (Å²) in [5.41, 5.74) is -3.46. The zero-order chi connectivity index (χ0) is 11.5. The third kappa shape index (κ3) is 5.78. The number of carbonyl (C=O) groups excluding carboxylic acids is 3. The molecule has 80 valence electrons. The Morgan fingerprint density at radius 2 is 1.56 bits per heavy atom. The van der Waals surface area contributed by atoms with Gasteiger partial charge in [-0.15, -0.1) is 0 Å². The van der Waals surface area contributed by atoms with Crippen molar-refractivity contribution in [2.75, 3.05) is 0 Å². The quantitative estimate of drug-likeness (QED) is 0.464. The Bertz CT molecular complexity index is 282. The molecule has 2 atom stereocenters. The van der Waals surface area contributed by atoms with Gasteiger partial charge in [-0.05, 0) is 0 Å². The molecule has 0 bridgehead atoms. The number of carbonyl (C=O) groups is 3. The molecule has 0 aliphatic carbocycles. The van der Waals surface area contributed by atoms with Crippen molar-refractivity contribution >= 4 is 55.6 Å². The second kappa shape index (κ2) is 8.65. The van der Waals surface area contributed by atoms with Crippen molar-refractivity contribution in [3.63, 3.8) is 0 Å². The smallest absolute Gasteiger partial charge is 0.550 e. The first-order chi connectivity index (χ1) is 6.21. The SMILES string of the molecule is O=C([O-])C[C@@](O)(C(=O)[O-])[C@H](O)C(=O)[O-].[Ca+2].[Na+]. The van der Waals surface area contributed by atoms with Crippen LogP contribution in [-0.2, 0) is 14.4 Å². The van der Waals surface area contributed by atoms with Gasteiger partial charge in [0.25, 0.3) is 0 Å². The predicted octanol–water partition coefficient (Wildman–Crippen LogP) is -9.66. The van der Waals surface area contributed by atoms with Gasteiger partial charge in [-0.2, -0.15) is 0 Å². The third-order valence-corrected chi connectivity index (χ3v) is 1.44. The number of carboxylic acid groups (broad SMARTS) is 3. The molecule has 0 aromatic rings. The van der Waals surface area contributed by atoms with E-state index in [4.69, 9.17) is 10.2 Å². The van der Waals surface area contributed by atoms with Crippen LogP contribution >= 0.6 is 0 Å². The molecule has 0 fully saturated rings. The molecule has 0 heterocycles. The minimum Gasteiger partial charge on any atom is -0.550 e. The van der Waals surface area contributed by atoms with E-state index in [-0.39, 0.29) is 67.3 Å². The van der Waals surface area contributed by atoms with Crippen LogP contribution in [-0.4, -0.2) is 77.6 Å². The van der Waals surface area contributed by atoms with Crippen molar-refractivity contribution in [3.8, 4) is 0 Å². The van der Waals surface area contributed by atoms with Crippen molar-refractivity contribution in [3.05, 3.63) is 0 Å². The molecule has 10 heteroatoms. The molecule has 0 saturated carbocycles. The first-order valence-electron chi connectivity index (χ1n) is 3.24. The van der Waals surface area contributed by atoms with Crippen LogP contribution in [0.3, 0.4) is 0 Å². The molecule has 0 spiro atoms. The summed E-state index contributed by atoms with van der Waals surface area (Å²) in [6, 6.07) is 0. The van der Waals surface area contributed by atoms with E-state index in [0.29, 0.717) is 0 Å². The largest absolute Gasteiger partial charge is 2.00 e. The Morgan fingerprint density at radius 3 is 1.75 bits per heavy atom. The Balaban J connectivity index is -0.000000845. The standard InChI is InChI=1S/C6H8O8.Ca.Na/c7-2(8)1-6(14,5(12)13)3(9)4(10)11;;/h3,9,14H,1H2,(H,7,8)(H,10,11)(H,12,13);;/q;+2;+1/p-3/t3-,6+;;/m1../s1. The van der Waals surface area contributed by atoms with Crippen LogP contribution in [0.1, 0.15) is 6.42 Å². The summed E-state index contributed by atoms with van der Waals surface area (Å²) in [6.45, 7) is 0. The van der Waals surface area contributed by atoms with Crippen molar-refractivity contribution in [2.45, 2.75) is 18.1 Å². The maximum atomic E-state index is 10.2. The maximum Gasteiger partial charge on any atom is 2.00 e. The Hall–Kier alpha value is 0.590. The Kier molecular flexibility index (Phi) is 11.8. The number of aliphatic hydroxyl groups excluding tert-OH is 1. The van der Waals surface area contributed by atoms with Crippen LogP contribution in [0.25, 0.3) is 0 Å². The van der Waals surface area contributed by atoms with Crippen LogP contribution in [0.2, 0.25) is 0 Å². The molecule has 0 aromatic heterocycles. The van der Waals surface area contributed by atoms with E-state index in [9.17, 15) is 29.7 Å². The number of hydrogen-bond acceptors (Lipinski definition) is 8. The molecule has 0 aromatic carbocycles. The number of hydrogen-bond donors (Lipinski definition) is 2. The van der Waals surface area contributed by atoms with Gasteiger partial charge >= 0.3 is 67.3 Å². The molecule has 0 unspecified atom stereocenters. The minimum absolute atomic E-state index is 0. The monoisotopic (exact) mass is 268 g/mol. The van der Waals surface area contributed by atoms with Crippen LogP contribution in [0.15, 0.2) is 0 Å². The molecule has 0 rings (SSSR count). The van der Waals surface area contributed by atoms with Gasteiger partial charge in [-0.1, -0.05) is 0 Å². The molecule has 0 amide bonds. The molecular weight excluding hydrogens is 263 g/mol. The normalized spacial score (nSPS) is 14.6. The molecule has 0 saturated heterocycles. The van der Waals surface area contributed by atoms with Crippen molar-refractivity contribution in [1.29, 1.82) is 0 Å². The summed E-state index contributed by atoms with van der Waals surface area (Å²) in [6.07, 6.45) is -4.53. The minimum atomic E-state index is -3.46. The summed E-state index contributed by atoms with van der Waals surface area (Å²) >= 11 is 0. The molecule has 0 radical (unpaired) electrons. The van der Waals surface area contributed by atoms with Gasteiger partial charge in [0, 0.05) is 12.4 Å². The van der Waals surface area contributed by atoms with Crippen LogP contribution < -0.4 is 44.9 Å². The Labute approximate surface area is 142 Å². The maximum absolute atomic E-state index is 10.2. The zero-order valence-electron chi connectivity index (χ0n) is 8.34. The van der Waals surface area contributed by atoms with E-state index >= 15 is 0 Å². The summed E-state index contributed by atoms with van der Waals surface area (Å²) in [7, 11) is 0. The van der Waals surface area contributed by atoms with E-state index < -0.39 is 36.0 Å². The van der Waals surface area contributed by atoms with Gasteiger partial charge in [0.05, 0.1) is 11.9 Å². The van der Waals surface area contributed by atoms with Crippen LogP contribution in [0.5, 0.6) is 0 Å². The summed E-state index contributed by atoms with van der Waals surface area (Å²) in [5, 5.41) is 47.8. The van der Waals surface area contributed by atoms with Crippen LogP contribution in [0, 0.1) is 0 Å². The zero-order valence-corrected chi connectivity index (χ0v) is 12.5. The van der Waals surface area contributed by atoms with Gasteiger partial charge in [0.15, 0.2) is 0 Å². The van der Waals surface area contributed by atoms with Gasteiger partial charge in [0.1, 0.15) is 11.7 Å². The number of aliphatic hydroxyl groups is 2. The summed E-state index contributed by atoms with van der Waals surface area (Å²) < 4.78 is 0. The summed E-state index contributed by atoms with van der Waals surface area (Å²) in [5.74, 6) is -6.84.